The molecule has 28 heavy (non-hydrogen) atoms. The highest BCUT2D eigenvalue weighted by molar-refractivity contribution is 7.99. The zero-order valence-corrected chi connectivity index (χ0v) is 20.1. The third-order valence-electron chi connectivity index (χ3n) is 5.40. The second kappa shape index (κ2) is 20.2. The van der Waals surface area contributed by atoms with Crippen LogP contribution in [0.1, 0.15) is 110 Å². The quantitative estimate of drug-likeness (QED) is 0.163. The third kappa shape index (κ3) is 16.9. The van der Waals surface area contributed by atoms with E-state index in [4.69, 9.17) is 0 Å². The first-order valence-corrected chi connectivity index (χ1v) is 14.1. The molecule has 1 N–H and O–H groups in total. The van der Waals surface area contributed by atoms with E-state index < -0.39 is 0 Å². The van der Waals surface area contributed by atoms with Gasteiger partial charge in [0.05, 0.1) is 5.38 Å². The van der Waals surface area contributed by atoms with E-state index in [9.17, 15) is 5.11 Å². The molecular weight excluding hydrogens is 382 g/mol. The Morgan fingerprint density at radius 2 is 1.29 bits per heavy atom. The minimum Gasteiger partial charge on any atom is -0.386 e. The molecule has 0 saturated heterocycles. The van der Waals surface area contributed by atoms with Gasteiger partial charge in [0.25, 0.3) is 0 Å². The van der Waals surface area contributed by atoms with Crippen LogP contribution in [0.25, 0.3) is 0 Å². The van der Waals surface area contributed by atoms with Crippen molar-refractivity contribution in [2.45, 2.75) is 122 Å². The van der Waals surface area contributed by atoms with Crippen LogP contribution in [0.4, 0.5) is 0 Å². The number of rotatable bonds is 21. The molecule has 0 bridgehead atoms. The lowest BCUT2D eigenvalue weighted by Gasteiger charge is -2.06. The van der Waals surface area contributed by atoms with E-state index in [0.29, 0.717) is 0 Å². The van der Waals surface area contributed by atoms with Crippen LogP contribution in [0.15, 0.2) is 17.1 Å². The largest absolute Gasteiger partial charge is 0.386 e. The SMILES string of the molecule is CCCCCCCCCCCCCCCCCCSCC(O)C[n+]1ccsc1. The first-order chi connectivity index (χ1) is 13.8. The molecule has 0 radical (unpaired) electrons. The zero-order valence-electron chi connectivity index (χ0n) is 18.5. The van der Waals surface area contributed by atoms with Crippen molar-refractivity contribution in [2.24, 2.45) is 0 Å². The fourth-order valence-electron chi connectivity index (χ4n) is 3.63. The molecule has 2 nitrogen and oxygen atoms in total. The number of hydrogen-bond acceptors (Lipinski definition) is 3. The van der Waals surface area contributed by atoms with Gasteiger partial charge in [-0.25, -0.2) is 0 Å². The van der Waals surface area contributed by atoms with Crippen molar-refractivity contribution >= 4 is 23.1 Å². The summed E-state index contributed by atoms with van der Waals surface area (Å²) in [6.45, 7) is 3.02. The van der Waals surface area contributed by atoms with E-state index in [0.717, 1.165) is 12.3 Å². The standard InChI is InChI=1S/C24H46NOS2/c1-2-3-4-5-6-7-8-9-10-11-12-13-14-15-16-17-19-27-22-24(26)21-25-18-20-28-23-25/h18,20,23-24,26H,2-17,19,21-22H2,1H3/q+1. The molecule has 1 atom stereocenters. The van der Waals surface area contributed by atoms with Crippen molar-refractivity contribution in [1.82, 2.24) is 0 Å². The van der Waals surface area contributed by atoms with E-state index in [1.54, 1.807) is 11.3 Å². The van der Waals surface area contributed by atoms with Gasteiger partial charge in [0, 0.05) is 5.75 Å². The van der Waals surface area contributed by atoms with Crippen LogP contribution in [0.5, 0.6) is 0 Å². The normalized spacial score (nSPS) is 12.5. The van der Waals surface area contributed by atoms with Crippen LogP contribution in [0, 0.1) is 0 Å². The molecule has 0 saturated carbocycles. The maximum atomic E-state index is 10.0. The molecular formula is C24H46NOS2+. The van der Waals surface area contributed by atoms with Crippen molar-refractivity contribution in [1.29, 1.82) is 0 Å². The highest BCUT2D eigenvalue weighted by Crippen LogP contribution is 2.14. The number of aliphatic hydroxyl groups is 1. The van der Waals surface area contributed by atoms with Gasteiger partial charge in [-0.2, -0.15) is 16.3 Å². The average molecular weight is 429 g/mol. The lowest BCUT2D eigenvalue weighted by Crippen LogP contribution is -2.38. The molecule has 0 aliphatic heterocycles. The minimum absolute atomic E-state index is 0.217. The van der Waals surface area contributed by atoms with Crippen molar-refractivity contribution in [3.05, 3.63) is 17.1 Å². The second-order valence-electron chi connectivity index (χ2n) is 8.26. The van der Waals surface area contributed by atoms with E-state index in [1.165, 1.54) is 108 Å². The van der Waals surface area contributed by atoms with Crippen molar-refractivity contribution in [2.75, 3.05) is 11.5 Å². The summed E-state index contributed by atoms with van der Waals surface area (Å²) in [5.74, 6) is 2.06. The molecule has 0 fully saturated rings. The molecule has 0 aromatic carbocycles. The summed E-state index contributed by atoms with van der Waals surface area (Å²) in [6.07, 6.45) is 24.6. The Morgan fingerprint density at radius 3 is 1.75 bits per heavy atom. The van der Waals surface area contributed by atoms with Gasteiger partial charge in [-0.1, -0.05) is 115 Å². The van der Waals surface area contributed by atoms with E-state index in [-0.39, 0.29) is 6.10 Å². The summed E-state index contributed by atoms with van der Waals surface area (Å²) in [4.78, 5) is 0. The summed E-state index contributed by atoms with van der Waals surface area (Å²) in [7, 11) is 0. The second-order valence-corrected chi connectivity index (χ2v) is 10.2. The topological polar surface area (TPSA) is 24.1 Å². The monoisotopic (exact) mass is 428 g/mol. The van der Waals surface area contributed by atoms with Crippen LogP contribution >= 0.6 is 23.1 Å². The van der Waals surface area contributed by atoms with Crippen LogP contribution in [-0.4, -0.2) is 22.7 Å². The van der Waals surface area contributed by atoms with E-state index in [2.05, 4.69) is 22.4 Å². The van der Waals surface area contributed by atoms with Crippen molar-refractivity contribution in [3.8, 4) is 0 Å². The fourth-order valence-corrected chi connectivity index (χ4v) is 5.20. The van der Waals surface area contributed by atoms with Crippen LogP contribution in [0.2, 0.25) is 0 Å². The Bertz CT molecular complexity index is 411. The number of aliphatic hydroxyl groups excluding tert-OH is 1. The molecule has 1 unspecified atom stereocenters. The number of aromatic nitrogens is 1. The van der Waals surface area contributed by atoms with Gasteiger partial charge in [-0.3, -0.25) is 0 Å². The van der Waals surface area contributed by atoms with Gasteiger partial charge in [-0.15, -0.1) is 0 Å². The Kier molecular flexibility index (Phi) is 18.8. The van der Waals surface area contributed by atoms with Gasteiger partial charge in [-0.05, 0) is 12.2 Å². The van der Waals surface area contributed by atoms with Crippen molar-refractivity contribution in [3.63, 3.8) is 0 Å². The molecule has 0 spiro atoms. The molecule has 1 aromatic rings. The summed E-state index contributed by atoms with van der Waals surface area (Å²) >= 11 is 3.59. The van der Waals surface area contributed by atoms with Gasteiger partial charge < -0.3 is 5.11 Å². The zero-order chi connectivity index (χ0) is 20.1. The maximum absolute atomic E-state index is 10.0. The number of hydrogen-bond donors (Lipinski definition) is 1. The number of thiazole rings is 1. The van der Waals surface area contributed by atoms with Gasteiger partial charge >= 0.3 is 0 Å². The van der Waals surface area contributed by atoms with Gasteiger partial charge in [0.1, 0.15) is 6.10 Å². The maximum Gasteiger partial charge on any atom is 0.224 e. The Hall–Kier alpha value is -0.0600. The first kappa shape index (κ1) is 26.0. The smallest absolute Gasteiger partial charge is 0.224 e. The first-order valence-electron chi connectivity index (χ1n) is 12.0. The fraction of sp³-hybridized carbons (Fsp3) is 0.875. The summed E-state index contributed by atoms with van der Waals surface area (Å²) in [5.41, 5.74) is 2.06. The summed E-state index contributed by atoms with van der Waals surface area (Å²) in [6, 6.07) is 0. The molecule has 1 aromatic heterocycles. The average Bonchev–Trinajstić information content (AvgIpc) is 3.20. The van der Waals surface area contributed by atoms with Crippen LogP contribution in [-0.2, 0) is 6.54 Å². The predicted molar refractivity (Wildman–Crippen MR) is 127 cm³/mol. The molecule has 1 heterocycles. The minimum atomic E-state index is -0.217. The Balaban J connectivity index is 1.70. The number of thioether (sulfide) groups is 1. The molecule has 0 aliphatic rings. The Morgan fingerprint density at radius 1 is 0.786 bits per heavy atom. The van der Waals surface area contributed by atoms with Gasteiger partial charge in [0.15, 0.2) is 12.7 Å². The number of nitrogens with zero attached hydrogens (tertiary/aromatic N) is 1. The number of unbranched alkanes of at least 4 members (excludes halogenated alkanes) is 15. The lowest BCUT2D eigenvalue weighted by molar-refractivity contribution is -0.698. The van der Waals surface area contributed by atoms with Crippen molar-refractivity contribution < 1.29 is 9.67 Å². The highest BCUT2D eigenvalue weighted by atomic mass is 32.2. The molecule has 1 rings (SSSR count). The summed E-state index contributed by atoms with van der Waals surface area (Å²) < 4.78 is 2.07. The Labute approximate surface area is 183 Å². The predicted octanol–water partition coefficient (Wildman–Crippen LogP) is 7.39. The van der Waals surface area contributed by atoms with Crippen LogP contribution in [0.3, 0.4) is 0 Å². The van der Waals surface area contributed by atoms with Gasteiger partial charge in [0.2, 0.25) is 5.51 Å². The molecule has 4 heteroatoms. The molecule has 0 aliphatic carbocycles. The summed E-state index contributed by atoms with van der Waals surface area (Å²) in [5, 5.41) is 12.1. The van der Waals surface area contributed by atoms with Crippen LogP contribution < -0.4 is 4.57 Å². The molecule has 164 valence electrons. The van der Waals surface area contributed by atoms with E-state index >= 15 is 0 Å². The third-order valence-corrected chi connectivity index (χ3v) is 7.27. The van der Waals surface area contributed by atoms with E-state index in [1.807, 2.05) is 18.0 Å². The molecule has 0 amide bonds. The lowest BCUT2D eigenvalue weighted by atomic mass is 10.0. The highest BCUT2D eigenvalue weighted by Gasteiger charge is 2.10.